The minimum Gasteiger partial charge on any atom is -0.353 e. The molecule has 1 aromatic carbocycles. The van der Waals surface area contributed by atoms with Crippen LogP contribution in [-0.4, -0.2) is 53.4 Å². The van der Waals surface area contributed by atoms with Gasteiger partial charge in [-0.3, -0.25) is 9.59 Å². The van der Waals surface area contributed by atoms with Crippen LogP contribution in [0.15, 0.2) is 36.5 Å². The minimum absolute atomic E-state index is 0.00190. The summed E-state index contributed by atoms with van der Waals surface area (Å²) < 4.78 is 0. The SMILES string of the molecule is CCC(C)(C)N(C(C)=O)c1ccc(C(=O)N2CCN(c3ncc(C)cc3C)CC2)cc1. The molecule has 6 nitrogen and oxygen atoms in total. The van der Waals surface area contributed by atoms with Gasteiger partial charge in [-0.05, 0) is 69.5 Å². The zero-order valence-electron chi connectivity index (χ0n) is 19.6. The highest BCUT2D eigenvalue weighted by Crippen LogP contribution is 2.27. The van der Waals surface area contributed by atoms with E-state index in [0.29, 0.717) is 18.7 Å². The smallest absolute Gasteiger partial charge is 0.253 e. The van der Waals surface area contributed by atoms with Crippen molar-refractivity contribution in [3.8, 4) is 0 Å². The highest BCUT2D eigenvalue weighted by Gasteiger charge is 2.29. The number of aryl methyl sites for hydroxylation is 2. The maximum absolute atomic E-state index is 13.0. The molecule has 0 radical (unpaired) electrons. The first-order valence-corrected chi connectivity index (χ1v) is 11.0. The van der Waals surface area contributed by atoms with Gasteiger partial charge in [0.05, 0.1) is 0 Å². The molecule has 1 aliphatic rings. The normalized spacial score (nSPS) is 14.5. The Morgan fingerprint density at radius 1 is 1.06 bits per heavy atom. The molecular formula is C25H34N4O2. The third kappa shape index (κ3) is 4.89. The average Bonchev–Trinajstić information content (AvgIpc) is 2.73. The van der Waals surface area contributed by atoms with Crippen molar-refractivity contribution in [2.45, 2.75) is 53.5 Å². The summed E-state index contributed by atoms with van der Waals surface area (Å²) in [4.78, 5) is 35.8. The van der Waals surface area contributed by atoms with E-state index in [2.05, 4.69) is 43.6 Å². The van der Waals surface area contributed by atoms with E-state index in [4.69, 9.17) is 0 Å². The summed E-state index contributed by atoms with van der Waals surface area (Å²) in [5.41, 5.74) is 3.52. The molecule has 31 heavy (non-hydrogen) atoms. The molecule has 1 fully saturated rings. The number of piperazine rings is 1. The molecule has 0 aliphatic carbocycles. The van der Waals surface area contributed by atoms with E-state index in [1.54, 1.807) is 11.8 Å². The van der Waals surface area contributed by atoms with Gasteiger partial charge >= 0.3 is 0 Å². The number of carbonyl (C=O) groups excluding carboxylic acids is 2. The summed E-state index contributed by atoms with van der Waals surface area (Å²) in [7, 11) is 0. The topological polar surface area (TPSA) is 56.8 Å². The Morgan fingerprint density at radius 2 is 1.68 bits per heavy atom. The van der Waals surface area contributed by atoms with Gasteiger partial charge in [-0.2, -0.15) is 0 Å². The first kappa shape index (κ1) is 22.8. The van der Waals surface area contributed by atoms with Crippen molar-refractivity contribution in [1.29, 1.82) is 0 Å². The highest BCUT2D eigenvalue weighted by molar-refractivity contribution is 5.96. The molecule has 0 spiro atoms. The Bertz CT molecular complexity index is 944. The van der Waals surface area contributed by atoms with Crippen molar-refractivity contribution in [3.05, 3.63) is 53.2 Å². The van der Waals surface area contributed by atoms with Crippen LogP contribution in [0.4, 0.5) is 11.5 Å². The summed E-state index contributed by atoms with van der Waals surface area (Å²) in [6.45, 7) is 14.8. The van der Waals surface area contributed by atoms with Crippen LogP contribution in [0.2, 0.25) is 0 Å². The zero-order chi connectivity index (χ0) is 22.8. The van der Waals surface area contributed by atoms with Crippen molar-refractivity contribution in [2.75, 3.05) is 36.0 Å². The van der Waals surface area contributed by atoms with Gasteiger partial charge < -0.3 is 14.7 Å². The number of hydrogen-bond acceptors (Lipinski definition) is 4. The molecule has 0 unspecified atom stereocenters. The Kier molecular flexibility index (Phi) is 6.68. The summed E-state index contributed by atoms with van der Waals surface area (Å²) in [6.07, 6.45) is 2.73. The lowest BCUT2D eigenvalue weighted by molar-refractivity contribution is -0.117. The predicted octanol–water partition coefficient (Wildman–Crippen LogP) is 4.20. The summed E-state index contributed by atoms with van der Waals surface area (Å²) in [5, 5.41) is 0. The quantitative estimate of drug-likeness (QED) is 0.725. The van der Waals surface area contributed by atoms with Crippen LogP contribution in [0.1, 0.15) is 55.6 Å². The molecule has 3 rings (SSSR count). The molecule has 0 saturated carbocycles. The van der Waals surface area contributed by atoms with Gasteiger partial charge in [0.2, 0.25) is 5.91 Å². The molecule has 2 heterocycles. The van der Waals surface area contributed by atoms with Crippen LogP contribution < -0.4 is 9.80 Å². The fourth-order valence-electron chi connectivity index (χ4n) is 4.21. The van der Waals surface area contributed by atoms with E-state index in [1.807, 2.05) is 42.3 Å². The van der Waals surface area contributed by atoms with Gasteiger partial charge in [0.25, 0.3) is 5.91 Å². The molecule has 1 aromatic heterocycles. The Balaban J connectivity index is 1.68. The first-order valence-electron chi connectivity index (χ1n) is 11.0. The van der Waals surface area contributed by atoms with Gasteiger partial charge in [0.1, 0.15) is 5.82 Å². The van der Waals surface area contributed by atoms with Crippen LogP contribution in [0.25, 0.3) is 0 Å². The van der Waals surface area contributed by atoms with E-state index in [1.165, 1.54) is 5.56 Å². The summed E-state index contributed by atoms with van der Waals surface area (Å²) in [6, 6.07) is 9.56. The fourth-order valence-corrected chi connectivity index (χ4v) is 4.21. The highest BCUT2D eigenvalue weighted by atomic mass is 16.2. The second-order valence-electron chi connectivity index (χ2n) is 9.00. The number of pyridine rings is 1. The van der Waals surface area contributed by atoms with Crippen molar-refractivity contribution in [2.24, 2.45) is 0 Å². The first-order chi connectivity index (χ1) is 14.6. The lowest BCUT2D eigenvalue weighted by Gasteiger charge is -2.38. The molecule has 166 valence electrons. The maximum Gasteiger partial charge on any atom is 0.253 e. The fraction of sp³-hybridized carbons (Fsp3) is 0.480. The second kappa shape index (κ2) is 9.08. The number of carbonyl (C=O) groups is 2. The summed E-state index contributed by atoms with van der Waals surface area (Å²) >= 11 is 0. The Hall–Kier alpha value is -2.89. The van der Waals surface area contributed by atoms with Crippen molar-refractivity contribution >= 4 is 23.3 Å². The number of rotatable bonds is 5. The van der Waals surface area contributed by atoms with Gasteiger partial charge in [-0.15, -0.1) is 0 Å². The third-order valence-electron chi connectivity index (χ3n) is 6.21. The van der Waals surface area contributed by atoms with Crippen LogP contribution >= 0.6 is 0 Å². The van der Waals surface area contributed by atoms with Crippen molar-refractivity contribution in [3.63, 3.8) is 0 Å². The van der Waals surface area contributed by atoms with Crippen molar-refractivity contribution < 1.29 is 9.59 Å². The molecule has 0 atom stereocenters. The molecule has 1 aliphatic heterocycles. The number of benzene rings is 1. The van der Waals surface area contributed by atoms with Gasteiger partial charge in [-0.25, -0.2) is 4.98 Å². The molecule has 2 aromatic rings. The standard InChI is InChI=1S/C25H34N4O2/c1-7-25(5,6)29(20(4)30)22-10-8-21(9-11-22)24(31)28-14-12-27(13-15-28)23-19(3)16-18(2)17-26-23/h8-11,16-17H,7,12-15H2,1-6H3. The number of anilines is 2. The number of amides is 2. The van der Waals surface area contributed by atoms with E-state index in [0.717, 1.165) is 36.6 Å². The van der Waals surface area contributed by atoms with E-state index in [-0.39, 0.29) is 17.4 Å². The molecule has 0 bridgehead atoms. The molecule has 6 heteroatoms. The molecule has 0 N–H and O–H groups in total. The second-order valence-corrected chi connectivity index (χ2v) is 9.00. The van der Waals surface area contributed by atoms with Gasteiger partial charge in [0.15, 0.2) is 0 Å². The van der Waals surface area contributed by atoms with E-state index < -0.39 is 0 Å². The maximum atomic E-state index is 13.0. The Morgan fingerprint density at radius 3 is 2.19 bits per heavy atom. The van der Waals surface area contributed by atoms with E-state index >= 15 is 0 Å². The van der Waals surface area contributed by atoms with E-state index in [9.17, 15) is 9.59 Å². The molecule has 2 amide bonds. The minimum atomic E-state index is -0.282. The number of hydrogen-bond donors (Lipinski definition) is 0. The lowest BCUT2D eigenvalue weighted by atomic mass is 9.97. The number of aromatic nitrogens is 1. The van der Waals surface area contributed by atoms with Gasteiger partial charge in [-0.1, -0.05) is 13.0 Å². The van der Waals surface area contributed by atoms with Crippen LogP contribution in [-0.2, 0) is 4.79 Å². The van der Waals surface area contributed by atoms with Gasteiger partial charge in [0, 0.05) is 56.1 Å². The monoisotopic (exact) mass is 422 g/mol. The average molecular weight is 423 g/mol. The van der Waals surface area contributed by atoms with Crippen LogP contribution in [0.3, 0.4) is 0 Å². The zero-order valence-corrected chi connectivity index (χ0v) is 19.6. The van der Waals surface area contributed by atoms with Crippen LogP contribution in [0.5, 0.6) is 0 Å². The summed E-state index contributed by atoms with van der Waals surface area (Å²) in [5.74, 6) is 1.04. The Labute approximate surface area is 185 Å². The lowest BCUT2D eigenvalue weighted by Crippen LogP contribution is -2.49. The predicted molar refractivity (Wildman–Crippen MR) is 126 cm³/mol. The largest absolute Gasteiger partial charge is 0.353 e. The molecule has 1 saturated heterocycles. The van der Waals surface area contributed by atoms with Crippen LogP contribution in [0, 0.1) is 13.8 Å². The third-order valence-corrected chi connectivity index (χ3v) is 6.21. The molecular weight excluding hydrogens is 388 g/mol. The number of nitrogens with zero attached hydrogens (tertiary/aromatic N) is 4. The van der Waals surface area contributed by atoms with Crippen molar-refractivity contribution in [1.82, 2.24) is 9.88 Å².